The Hall–Kier alpha value is -4.00. The molecule has 31 heavy (non-hydrogen) atoms. The van der Waals surface area contributed by atoms with Crippen LogP contribution in [0.5, 0.6) is 0 Å². The van der Waals surface area contributed by atoms with Crippen molar-refractivity contribution < 1.29 is 23.8 Å². The molecule has 1 heterocycles. The molecule has 6 nitrogen and oxygen atoms in total. The smallest absolute Gasteiger partial charge is 0.407 e. The summed E-state index contributed by atoms with van der Waals surface area (Å²) >= 11 is 0. The molecule has 0 bridgehead atoms. The zero-order chi connectivity index (χ0) is 21.8. The van der Waals surface area contributed by atoms with Crippen molar-refractivity contribution in [2.24, 2.45) is 0 Å². The van der Waals surface area contributed by atoms with Gasteiger partial charge < -0.3 is 15.2 Å². The number of aromatic carboxylic acids is 1. The molecular formula is C24H19FN2O4. The molecule has 0 spiro atoms. The average molecular weight is 418 g/mol. The number of hydrogen-bond acceptors (Lipinski definition) is 4. The van der Waals surface area contributed by atoms with E-state index in [-0.39, 0.29) is 24.8 Å². The number of alkyl carbamates (subject to hydrolysis) is 1. The fourth-order valence-corrected chi connectivity index (χ4v) is 3.68. The van der Waals surface area contributed by atoms with Crippen LogP contribution in [0.4, 0.5) is 9.18 Å². The van der Waals surface area contributed by atoms with E-state index in [0.29, 0.717) is 0 Å². The Morgan fingerprint density at radius 3 is 2.39 bits per heavy atom. The molecular weight excluding hydrogens is 399 g/mol. The highest BCUT2D eigenvalue weighted by molar-refractivity contribution is 5.88. The highest BCUT2D eigenvalue weighted by Gasteiger charge is 2.28. The van der Waals surface area contributed by atoms with Gasteiger partial charge >= 0.3 is 12.1 Å². The molecule has 7 heteroatoms. The number of hydrogen-bond donors (Lipinski definition) is 2. The highest BCUT2D eigenvalue weighted by Crippen LogP contribution is 2.44. The number of benzene rings is 2. The van der Waals surface area contributed by atoms with Crippen molar-refractivity contribution in [3.63, 3.8) is 0 Å². The lowest BCUT2D eigenvalue weighted by atomic mass is 9.98. The predicted molar refractivity (Wildman–Crippen MR) is 113 cm³/mol. The van der Waals surface area contributed by atoms with Gasteiger partial charge in [0.25, 0.3) is 0 Å². The molecule has 1 aromatic heterocycles. The molecule has 0 fully saturated rings. The van der Waals surface area contributed by atoms with Crippen LogP contribution in [0.1, 0.15) is 33.1 Å². The Labute approximate surface area is 178 Å². The molecule has 4 rings (SSSR count). The van der Waals surface area contributed by atoms with Gasteiger partial charge in [-0.2, -0.15) is 0 Å². The summed E-state index contributed by atoms with van der Waals surface area (Å²) in [4.78, 5) is 26.9. The zero-order valence-electron chi connectivity index (χ0n) is 16.4. The molecule has 0 unspecified atom stereocenters. The molecule has 1 aliphatic carbocycles. The quantitative estimate of drug-likeness (QED) is 0.617. The van der Waals surface area contributed by atoms with Crippen LogP contribution in [-0.4, -0.2) is 35.3 Å². The van der Waals surface area contributed by atoms with Crippen molar-refractivity contribution in [3.05, 3.63) is 95.1 Å². The van der Waals surface area contributed by atoms with Gasteiger partial charge in [-0.05, 0) is 34.4 Å². The molecule has 0 saturated heterocycles. The van der Waals surface area contributed by atoms with Crippen LogP contribution in [-0.2, 0) is 4.74 Å². The number of carboxylic acid groups (broad SMARTS) is 1. The molecule has 0 saturated carbocycles. The van der Waals surface area contributed by atoms with Gasteiger partial charge in [0.15, 0.2) is 5.82 Å². The number of carboxylic acids is 1. The summed E-state index contributed by atoms with van der Waals surface area (Å²) in [6.07, 6.45) is 3.36. The Morgan fingerprint density at radius 1 is 1.10 bits per heavy atom. The second-order valence-corrected chi connectivity index (χ2v) is 7.00. The topological polar surface area (TPSA) is 88.5 Å². The number of pyridine rings is 1. The van der Waals surface area contributed by atoms with Crippen LogP contribution in [0.3, 0.4) is 0 Å². The number of ether oxygens (including phenoxy) is 1. The van der Waals surface area contributed by atoms with Crippen LogP contribution < -0.4 is 5.32 Å². The van der Waals surface area contributed by atoms with Crippen LogP contribution in [0.2, 0.25) is 0 Å². The largest absolute Gasteiger partial charge is 0.478 e. The van der Waals surface area contributed by atoms with Gasteiger partial charge in [-0.3, -0.25) is 4.98 Å². The van der Waals surface area contributed by atoms with Gasteiger partial charge in [0.05, 0.1) is 17.5 Å². The van der Waals surface area contributed by atoms with Crippen LogP contribution in [0.25, 0.3) is 17.2 Å². The van der Waals surface area contributed by atoms with Gasteiger partial charge in [0, 0.05) is 12.5 Å². The van der Waals surface area contributed by atoms with E-state index >= 15 is 0 Å². The Morgan fingerprint density at radius 2 is 1.74 bits per heavy atom. The lowest BCUT2D eigenvalue weighted by molar-refractivity contribution is 0.0691. The third kappa shape index (κ3) is 4.30. The van der Waals surface area contributed by atoms with Crippen molar-refractivity contribution in [2.75, 3.05) is 13.2 Å². The first-order valence-electron chi connectivity index (χ1n) is 9.69. The number of aromatic nitrogens is 1. The van der Waals surface area contributed by atoms with Crippen molar-refractivity contribution >= 4 is 18.1 Å². The minimum absolute atomic E-state index is 0.0217. The number of carbonyl (C=O) groups is 2. The summed E-state index contributed by atoms with van der Waals surface area (Å²) < 4.78 is 18.8. The first kappa shape index (κ1) is 20.3. The van der Waals surface area contributed by atoms with E-state index in [9.17, 15) is 14.0 Å². The summed E-state index contributed by atoms with van der Waals surface area (Å²) in [5, 5.41) is 11.5. The van der Waals surface area contributed by atoms with E-state index in [2.05, 4.69) is 22.4 Å². The van der Waals surface area contributed by atoms with Crippen molar-refractivity contribution in [1.82, 2.24) is 10.3 Å². The number of amides is 1. The van der Waals surface area contributed by atoms with Gasteiger partial charge in [0.2, 0.25) is 0 Å². The van der Waals surface area contributed by atoms with Crippen molar-refractivity contribution in [3.8, 4) is 11.1 Å². The Bertz CT molecular complexity index is 1130. The van der Waals surface area contributed by atoms with E-state index in [1.54, 1.807) is 6.08 Å². The number of halogens is 1. The third-order valence-corrected chi connectivity index (χ3v) is 5.10. The monoisotopic (exact) mass is 418 g/mol. The van der Waals surface area contributed by atoms with E-state index in [1.165, 1.54) is 6.08 Å². The fourth-order valence-electron chi connectivity index (χ4n) is 3.68. The molecule has 0 aliphatic heterocycles. The summed E-state index contributed by atoms with van der Waals surface area (Å²) in [6, 6.07) is 17.3. The molecule has 3 aromatic rings. The predicted octanol–water partition coefficient (Wildman–Crippen LogP) is 4.47. The SMILES string of the molecule is O=C(NCC=Cc1cc(C(=O)O)c(F)cn1)OCC1c2ccccc2-c2ccccc21. The number of fused-ring (bicyclic) bond motifs is 3. The van der Waals surface area contributed by atoms with E-state index < -0.39 is 23.4 Å². The second kappa shape index (κ2) is 8.79. The number of nitrogens with one attached hydrogen (secondary N) is 1. The van der Waals surface area contributed by atoms with Gasteiger partial charge in [0.1, 0.15) is 6.61 Å². The molecule has 0 atom stereocenters. The standard InChI is InChI=1S/C24H19FN2O4/c25-22-13-27-15(12-20(22)23(28)29)6-5-11-26-24(30)31-14-21-18-9-3-1-7-16(18)17-8-2-4-10-19(17)21/h1-10,12-13,21H,11,14H2,(H,26,30)(H,28,29). The summed E-state index contributed by atoms with van der Waals surface area (Å²) in [5.41, 5.74) is 4.39. The lowest BCUT2D eigenvalue weighted by Gasteiger charge is -2.14. The molecule has 0 radical (unpaired) electrons. The first-order valence-corrected chi connectivity index (χ1v) is 9.69. The zero-order valence-corrected chi connectivity index (χ0v) is 16.4. The highest BCUT2D eigenvalue weighted by atomic mass is 19.1. The minimum atomic E-state index is -1.37. The summed E-state index contributed by atoms with van der Waals surface area (Å²) in [7, 11) is 0. The van der Waals surface area contributed by atoms with Gasteiger partial charge in [-0.25, -0.2) is 14.0 Å². The molecule has 156 valence electrons. The van der Waals surface area contributed by atoms with Crippen molar-refractivity contribution in [1.29, 1.82) is 0 Å². The van der Waals surface area contributed by atoms with Gasteiger partial charge in [-0.15, -0.1) is 0 Å². The van der Waals surface area contributed by atoms with Gasteiger partial charge in [-0.1, -0.05) is 54.6 Å². The second-order valence-electron chi connectivity index (χ2n) is 7.00. The molecule has 1 aliphatic rings. The first-order chi connectivity index (χ1) is 15.0. The Kier molecular flexibility index (Phi) is 5.75. The fraction of sp³-hybridized carbons (Fsp3) is 0.125. The summed E-state index contributed by atoms with van der Waals surface area (Å²) in [5.74, 6) is -2.29. The van der Waals surface area contributed by atoms with Crippen molar-refractivity contribution in [2.45, 2.75) is 5.92 Å². The molecule has 1 amide bonds. The molecule has 2 aromatic carbocycles. The lowest BCUT2D eigenvalue weighted by Crippen LogP contribution is -2.26. The maximum Gasteiger partial charge on any atom is 0.407 e. The van der Waals surface area contributed by atoms with Crippen LogP contribution in [0.15, 0.2) is 66.9 Å². The Balaban J connectivity index is 1.33. The van der Waals surface area contributed by atoms with E-state index in [4.69, 9.17) is 9.84 Å². The van der Waals surface area contributed by atoms with E-state index in [0.717, 1.165) is 34.5 Å². The normalized spacial score (nSPS) is 12.4. The number of carbonyl (C=O) groups excluding carboxylic acids is 1. The minimum Gasteiger partial charge on any atom is -0.478 e. The average Bonchev–Trinajstić information content (AvgIpc) is 3.10. The third-order valence-electron chi connectivity index (χ3n) is 5.10. The van der Waals surface area contributed by atoms with Crippen LogP contribution >= 0.6 is 0 Å². The maximum atomic E-state index is 13.4. The van der Waals surface area contributed by atoms with Crippen LogP contribution in [0, 0.1) is 5.82 Å². The van der Waals surface area contributed by atoms with E-state index in [1.807, 2.05) is 36.4 Å². The maximum absolute atomic E-state index is 13.4. The number of rotatable bonds is 6. The summed E-state index contributed by atoms with van der Waals surface area (Å²) in [6.45, 7) is 0.364. The number of nitrogens with zero attached hydrogens (tertiary/aromatic N) is 1. The molecule has 2 N–H and O–H groups in total.